The molecule has 2 aliphatic rings. The topological polar surface area (TPSA) is 110 Å². The molecule has 0 bridgehead atoms. The van der Waals surface area contributed by atoms with E-state index in [4.69, 9.17) is 9.15 Å². The first-order chi connectivity index (χ1) is 22.4. The van der Waals surface area contributed by atoms with E-state index in [1.165, 1.54) is 25.7 Å². The molecule has 0 radical (unpaired) electrons. The van der Waals surface area contributed by atoms with Gasteiger partial charge in [0.15, 0.2) is 17.1 Å². The van der Waals surface area contributed by atoms with E-state index in [2.05, 4.69) is 20.3 Å². The molecule has 1 saturated carbocycles. The van der Waals surface area contributed by atoms with Crippen LogP contribution in [0, 0.1) is 12.8 Å². The molecule has 1 aliphatic carbocycles. The van der Waals surface area contributed by atoms with Gasteiger partial charge in [0.05, 0.1) is 36.2 Å². The van der Waals surface area contributed by atoms with Gasteiger partial charge in [-0.3, -0.25) is 14.6 Å². The van der Waals surface area contributed by atoms with Gasteiger partial charge in [0.25, 0.3) is 0 Å². The molecule has 1 aromatic carbocycles. The molecule has 3 aromatic heterocycles. The van der Waals surface area contributed by atoms with E-state index < -0.39 is 0 Å². The zero-order valence-corrected chi connectivity index (χ0v) is 28.1. The van der Waals surface area contributed by atoms with Crippen molar-refractivity contribution in [3.05, 3.63) is 76.0 Å². The Labute approximate surface area is 272 Å². The summed E-state index contributed by atoms with van der Waals surface area (Å²) in [5.74, 6) is 1.70. The van der Waals surface area contributed by atoms with Crippen molar-refractivity contribution < 1.29 is 13.9 Å². The van der Waals surface area contributed by atoms with E-state index in [1.54, 1.807) is 37.6 Å². The highest BCUT2D eigenvalue weighted by Crippen LogP contribution is 2.32. The number of benzene rings is 1. The fourth-order valence-corrected chi connectivity index (χ4v) is 5.75. The second-order valence-electron chi connectivity index (χ2n) is 11.2. The number of hydrogen-bond acceptors (Lipinski definition) is 9. The second-order valence-corrected chi connectivity index (χ2v) is 11.2. The maximum absolute atomic E-state index is 12.8. The number of morpholine rings is 1. The van der Waals surface area contributed by atoms with Crippen LogP contribution in [-0.4, -0.2) is 47.0 Å². The standard InChI is InChI=1S/C33H35N5O4.2C2H6/c1-21-26(14-25(22(2)39)13-23-5-3-4-6-23)19-35-33(36-21)37-28-15-27(18-34-20-28)24-7-8-29-30(40)17-32(42-31(29)16-24)38-9-11-41-12-10-38;2*1-2/h7-8,14-20,23H,3-6,9-13H2,1-2H3,(H,35,36,37);2*1-2H3/b25-14+;;. The molecule has 0 atom stereocenters. The number of carbonyl (C=O) groups is 1. The predicted octanol–water partition coefficient (Wildman–Crippen LogP) is 8.14. The van der Waals surface area contributed by atoms with Crippen molar-refractivity contribution in [2.45, 2.75) is 73.6 Å². The number of allylic oxidation sites excluding steroid dienone is 1. The molecule has 0 amide bonds. The lowest BCUT2D eigenvalue weighted by Gasteiger charge is -2.27. The minimum absolute atomic E-state index is 0.0717. The van der Waals surface area contributed by atoms with Crippen LogP contribution in [-0.2, 0) is 9.53 Å². The van der Waals surface area contributed by atoms with Crippen molar-refractivity contribution >= 4 is 40.3 Å². The summed E-state index contributed by atoms with van der Waals surface area (Å²) in [6.07, 6.45) is 12.9. The molecular weight excluding hydrogens is 578 g/mol. The van der Waals surface area contributed by atoms with Crippen LogP contribution in [0.1, 0.15) is 78.0 Å². The van der Waals surface area contributed by atoms with Gasteiger partial charge in [-0.15, -0.1) is 0 Å². The zero-order valence-electron chi connectivity index (χ0n) is 28.1. The molecule has 4 heterocycles. The molecule has 4 aromatic rings. The number of anilines is 3. The van der Waals surface area contributed by atoms with Crippen LogP contribution in [0.15, 0.2) is 63.7 Å². The zero-order chi connectivity index (χ0) is 33.1. The molecule has 9 heteroatoms. The maximum Gasteiger partial charge on any atom is 0.227 e. The summed E-state index contributed by atoms with van der Waals surface area (Å²) in [5.41, 5.74) is 5.40. The van der Waals surface area contributed by atoms with Crippen LogP contribution in [0.3, 0.4) is 0 Å². The van der Waals surface area contributed by atoms with Gasteiger partial charge < -0.3 is 19.4 Å². The Kier molecular flexibility index (Phi) is 12.6. The number of fused-ring (bicyclic) bond motifs is 1. The average Bonchev–Trinajstić information content (AvgIpc) is 3.61. The Hall–Kier alpha value is -4.37. The lowest BCUT2D eigenvalue weighted by molar-refractivity contribution is -0.113. The van der Waals surface area contributed by atoms with Crippen molar-refractivity contribution in [2.75, 3.05) is 36.5 Å². The first-order valence-electron chi connectivity index (χ1n) is 16.6. The van der Waals surface area contributed by atoms with Crippen molar-refractivity contribution in [3.63, 3.8) is 0 Å². The van der Waals surface area contributed by atoms with Crippen LogP contribution < -0.4 is 15.6 Å². The highest BCUT2D eigenvalue weighted by Gasteiger charge is 2.19. The SMILES string of the molecule is CC.CC.CC(=O)/C(=C/c1cnc(Nc2cncc(-c3ccc4c(=O)cc(N5CCOCC5)oc4c3)c2)nc1C)CC1CCCC1. The third kappa shape index (κ3) is 8.66. The van der Waals surface area contributed by atoms with Crippen molar-refractivity contribution in [1.82, 2.24) is 15.0 Å². The molecule has 9 nitrogen and oxygen atoms in total. The first-order valence-corrected chi connectivity index (χ1v) is 16.6. The molecule has 1 N–H and O–H groups in total. The van der Waals surface area contributed by atoms with Gasteiger partial charge in [-0.05, 0) is 61.6 Å². The number of pyridine rings is 1. The Morgan fingerprint density at radius 1 is 1.00 bits per heavy atom. The third-order valence-corrected chi connectivity index (χ3v) is 8.15. The number of nitrogens with one attached hydrogen (secondary N) is 1. The van der Waals surface area contributed by atoms with E-state index in [0.29, 0.717) is 55.0 Å². The minimum Gasteiger partial charge on any atom is -0.440 e. The highest BCUT2D eigenvalue weighted by molar-refractivity contribution is 5.97. The Morgan fingerprint density at radius 3 is 2.43 bits per heavy atom. The summed E-state index contributed by atoms with van der Waals surface area (Å²) < 4.78 is 11.6. The summed E-state index contributed by atoms with van der Waals surface area (Å²) in [4.78, 5) is 40.7. The fraction of sp³-hybridized carbons (Fsp3) is 0.432. The molecule has 1 saturated heterocycles. The monoisotopic (exact) mass is 625 g/mol. The minimum atomic E-state index is -0.0717. The number of aryl methyl sites for hydroxylation is 1. The summed E-state index contributed by atoms with van der Waals surface area (Å²) >= 11 is 0. The lowest BCUT2D eigenvalue weighted by Crippen LogP contribution is -2.36. The molecule has 0 unspecified atom stereocenters. The molecule has 0 spiro atoms. The highest BCUT2D eigenvalue weighted by atomic mass is 16.5. The van der Waals surface area contributed by atoms with E-state index in [1.807, 2.05) is 63.8 Å². The summed E-state index contributed by atoms with van der Waals surface area (Å²) in [5, 5.41) is 3.79. The number of ether oxygens (including phenoxy) is 1. The third-order valence-electron chi connectivity index (χ3n) is 8.15. The largest absolute Gasteiger partial charge is 0.440 e. The maximum atomic E-state index is 12.8. The van der Waals surface area contributed by atoms with E-state index >= 15 is 0 Å². The van der Waals surface area contributed by atoms with E-state index in [9.17, 15) is 9.59 Å². The van der Waals surface area contributed by atoms with Crippen LogP contribution in [0.25, 0.3) is 28.2 Å². The number of aromatic nitrogens is 3. The summed E-state index contributed by atoms with van der Waals surface area (Å²) in [7, 11) is 0. The molecular formula is C37H47N5O4. The number of hydrogen-bond donors (Lipinski definition) is 1. The predicted molar refractivity (Wildman–Crippen MR) is 187 cm³/mol. The van der Waals surface area contributed by atoms with Crippen molar-refractivity contribution in [3.8, 4) is 11.1 Å². The molecule has 1 aliphatic heterocycles. The van der Waals surface area contributed by atoms with Crippen molar-refractivity contribution in [2.24, 2.45) is 5.92 Å². The van der Waals surface area contributed by atoms with Crippen LogP contribution in [0.5, 0.6) is 0 Å². The Morgan fingerprint density at radius 2 is 1.74 bits per heavy atom. The van der Waals surface area contributed by atoms with Gasteiger partial charge in [-0.1, -0.05) is 59.4 Å². The summed E-state index contributed by atoms with van der Waals surface area (Å²) in [6.45, 7) is 14.1. The van der Waals surface area contributed by atoms with Crippen molar-refractivity contribution in [1.29, 1.82) is 0 Å². The van der Waals surface area contributed by atoms with Gasteiger partial charge in [-0.2, -0.15) is 0 Å². The number of nitrogens with zero attached hydrogens (tertiary/aromatic N) is 4. The average molecular weight is 626 g/mol. The normalized spacial score (nSPS) is 15.1. The number of rotatable bonds is 8. The quantitative estimate of drug-likeness (QED) is 0.194. The van der Waals surface area contributed by atoms with Gasteiger partial charge in [-0.25, -0.2) is 9.97 Å². The number of carbonyl (C=O) groups excluding carboxylic acids is 1. The van der Waals surface area contributed by atoms with Crippen LogP contribution in [0.4, 0.5) is 17.5 Å². The van der Waals surface area contributed by atoms with Crippen LogP contribution in [0.2, 0.25) is 0 Å². The van der Waals surface area contributed by atoms with E-state index in [-0.39, 0.29) is 11.2 Å². The fourth-order valence-electron chi connectivity index (χ4n) is 5.75. The number of Topliss-reactive ketones (excluding diaryl/α,β-unsaturated/α-hetero) is 1. The molecule has 6 rings (SSSR count). The molecule has 244 valence electrons. The van der Waals surface area contributed by atoms with Gasteiger partial charge in [0.1, 0.15) is 5.58 Å². The van der Waals surface area contributed by atoms with E-state index in [0.717, 1.165) is 40.1 Å². The Bertz CT molecular complexity index is 1700. The van der Waals surface area contributed by atoms with Gasteiger partial charge >= 0.3 is 0 Å². The lowest BCUT2D eigenvalue weighted by atomic mass is 9.94. The number of ketones is 1. The molecule has 2 fully saturated rings. The van der Waals surface area contributed by atoms with Gasteiger partial charge in [0.2, 0.25) is 5.95 Å². The van der Waals surface area contributed by atoms with Gasteiger partial charge in [0, 0.05) is 42.7 Å². The second kappa shape index (κ2) is 16.8. The Balaban J connectivity index is 0.00000116. The summed E-state index contributed by atoms with van der Waals surface area (Å²) in [6, 6.07) is 9.08. The molecule has 46 heavy (non-hydrogen) atoms. The smallest absolute Gasteiger partial charge is 0.227 e. The van der Waals surface area contributed by atoms with Crippen LogP contribution >= 0.6 is 0 Å². The first kappa shape index (κ1) is 34.5.